The van der Waals surface area contributed by atoms with Crippen molar-refractivity contribution in [2.24, 2.45) is 0 Å². The molecule has 0 fully saturated rings. The van der Waals surface area contributed by atoms with E-state index in [-0.39, 0.29) is 24.9 Å². The number of hydrogen-bond acceptors (Lipinski definition) is 5. The average molecular weight is 854 g/mol. The lowest BCUT2D eigenvalue weighted by Crippen LogP contribution is -2.46. The van der Waals surface area contributed by atoms with Gasteiger partial charge < -0.3 is 20.3 Å². The zero-order valence-corrected chi connectivity index (χ0v) is 40.3. The highest BCUT2D eigenvalue weighted by molar-refractivity contribution is 5.77. The van der Waals surface area contributed by atoms with E-state index in [2.05, 4.69) is 86.8 Å². The van der Waals surface area contributed by atoms with Crippen LogP contribution in [0.2, 0.25) is 0 Å². The lowest BCUT2D eigenvalue weighted by Gasteiger charge is -2.24. The van der Waals surface area contributed by atoms with Crippen LogP contribution in [0.1, 0.15) is 252 Å². The van der Waals surface area contributed by atoms with Gasteiger partial charge in [-0.3, -0.25) is 9.59 Å². The Morgan fingerprint density at radius 3 is 1.31 bits per heavy atom. The summed E-state index contributed by atoms with van der Waals surface area (Å²) in [5, 5.41) is 23.7. The highest BCUT2D eigenvalue weighted by Gasteiger charge is 2.24. The van der Waals surface area contributed by atoms with Crippen LogP contribution in [-0.2, 0) is 14.3 Å². The maximum Gasteiger partial charge on any atom is 0.306 e. The van der Waals surface area contributed by atoms with Crippen molar-refractivity contribution in [1.29, 1.82) is 0 Å². The molecule has 0 aromatic rings. The van der Waals surface area contributed by atoms with Crippen LogP contribution >= 0.6 is 0 Å². The topological polar surface area (TPSA) is 95.9 Å². The van der Waals surface area contributed by atoms with Crippen molar-refractivity contribution in [1.82, 2.24) is 5.32 Å². The van der Waals surface area contributed by atoms with Gasteiger partial charge in [0.1, 0.15) is 6.10 Å². The van der Waals surface area contributed by atoms with Gasteiger partial charge in [0.15, 0.2) is 0 Å². The normalized spacial score (nSPS) is 13.7. The Labute approximate surface area is 378 Å². The number of carbonyl (C=O) groups excluding carboxylic acids is 2. The molecule has 0 aromatic carbocycles. The number of rotatable bonds is 46. The van der Waals surface area contributed by atoms with Crippen LogP contribution in [0, 0.1) is 0 Å². The monoisotopic (exact) mass is 854 g/mol. The van der Waals surface area contributed by atoms with Crippen molar-refractivity contribution < 1.29 is 24.5 Å². The van der Waals surface area contributed by atoms with Crippen LogP contribution in [0.15, 0.2) is 60.8 Å². The molecule has 0 bridgehead atoms. The number of nitrogens with one attached hydrogen (secondary N) is 1. The Hall–Kier alpha value is -2.44. The first-order chi connectivity index (χ1) is 30.0. The summed E-state index contributed by atoms with van der Waals surface area (Å²) in [6, 6.07) is -0.718. The van der Waals surface area contributed by atoms with E-state index in [0.717, 1.165) is 83.5 Å². The second-order valence-corrected chi connectivity index (χ2v) is 17.5. The molecule has 3 N–H and O–H groups in total. The molecule has 0 saturated heterocycles. The molecule has 61 heavy (non-hydrogen) atoms. The van der Waals surface area contributed by atoms with E-state index in [9.17, 15) is 19.8 Å². The van der Waals surface area contributed by atoms with E-state index < -0.39 is 18.2 Å². The largest absolute Gasteiger partial charge is 0.462 e. The van der Waals surface area contributed by atoms with Gasteiger partial charge in [-0.15, -0.1) is 0 Å². The molecule has 3 unspecified atom stereocenters. The van der Waals surface area contributed by atoms with Gasteiger partial charge in [-0.1, -0.05) is 236 Å². The molecule has 0 radical (unpaired) electrons. The van der Waals surface area contributed by atoms with Crippen LogP contribution in [0.5, 0.6) is 0 Å². The van der Waals surface area contributed by atoms with Crippen LogP contribution < -0.4 is 5.32 Å². The molecule has 0 aliphatic rings. The minimum absolute atomic E-state index is 0.0393. The van der Waals surface area contributed by atoms with Crippen LogP contribution in [0.3, 0.4) is 0 Å². The maximum atomic E-state index is 13.2. The van der Waals surface area contributed by atoms with Gasteiger partial charge in [-0.2, -0.15) is 0 Å². The van der Waals surface area contributed by atoms with Gasteiger partial charge in [0.25, 0.3) is 0 Å². The lowest BCUT2D eigenvalue weighted by molar-refractivity contribution is -0.151. The molecular formula is C55H99NO5. The van der Waals surface area contributed by atoms with E-state index in [1.807, 2.05) is 0 Å². The number of aliphatic hydroxyl groups excluding tert-OH is 2. The van der Waals surface area contributed by atoms with Gasteiger partial charge in [0.2, 0.25) is 5.91 Å². The summed E-state index contributed by atoms with van der Waals surface area (Å²) in [7, 11) is 0. The van der Waals surface area contributed by atoms with Crippen LogP contribution in [0.4, 0.5) is 0 Å². The summed E-state index contributed by atoms with van der Waals surface area (Å²) in [5.41, 5.74) is 0. The number of allylic oxidation sites excluding steroid dienone is 10. The van der Waals surface area contributed by atoms with Gasteiger partial charge in [0, 0.05) is 6.42 Å². The quantitative estimate of drug-likeness (QED) is 0.0322. The van der Waals surface area contributed by atoms with E-state index in [0.29, 0.717) is 19.3 Å². The smallest absolute Gasteiger partial charge is 0.306 e. The Morgan fingerprint density at radius 2 is 0.885 bits per heavy atom. The molecule has 0 saturated carbocycles. The van der Waals surface area contributed by atoms with Crippen molar-refractivity contribution in [3.05, 3.63) is 60.8 Å². The average Bonchev–Trinajstić information content (AvgIpc) is 3.25. The molecule has 1 amide bonds. The fourth-order valence-corrected chi connectivity index (χ4v) is 7.70. The van der Waals surface area contributed by atoms with Gasteiger partial charge in [-0.05, 0) is 64.2 Å². The molecule has 0 aliphatic carbocycles. The Bertz CT molecular complexity index is 1090. The Balaban J connectivity index is 4.66. The number of unbranched alkanes of at least 4 members (excludes halogenated alkanes) is 24. The van der Waals surface area contributed by atoms with Crippen molar-refractivity contribution >= 4 is 11.9 Å². The van der Waals surface area contributed by atoms with Gasteiger partial charge >= 0.3 is 5.97 Å². The third-order valence-corrected chi connectivity index (χ3v) is 11.6. The number of amides is 1. The second-order valence-electron chi connectivity index (χ2n) is 17.5. The minimum Gasteiger partial charge on any atom is -0.462 e. The summed E-state index contributed by atoms with van der Waals surface area (Å²) in [5.74, 6) is -0.526. The zero-order chi connectivity index (χ0) is 44.5. The first-order valence-corrected chi connectivity index (χ1v) is 26.0. The van der Waals surface area contributed by atoms with E-state index in [1.165, 1.54) is 122 Å². The summed E-state index contributed by atoms with van der Waals surface area (Å²) >= 11 is 0. The van der Waals surface area contributed by atoms with E-state index in [4.69, 9.17) is 4.74 Å². The zero-order valence-electron chi connectivity index (χ0n) is 40.3. The third kappa shape index (κ3) is 44.0. The predicted molar refractivity (Wildman–Crippen MR) is 264 cm³/mol. The summed E-state index contributed by atoms with van der Waals surface area (Å²) in [6.45, 7) is 6.34. The van der Waals surface area contributed by atoms with Gasteiger partial charge in [-0.25, -0.2) is 0 Å². The number of aliphatic hydroxyl groups is 2. The molecule has 354 valence electrons. The maximum absolute atomic E-state index is 13.2. The first kappa shape index (κ1) is 58.6. The Kier molecular flexibility index (Phi) is 46.6. The summed E-state index contributed by atoms with van der Waals surface area (Å²) in [6.07, 6.45) is 60.0. The van der Waals surface area contributed by atoms with Crippen molar-refractivity contribution in [3.63, 3.8) is 0 Å². The number of ether oxygens (including phenoxy) is 1. The highest BCUT2D eigenvalue weighted by Crippen LogP contribution is 2.17. The molecule has 0 spiro atoms. The van der Waals surface area contributed by atoms with Crippen molar-refractivity contribution in [2.75, 3.05) is 6.61 Å². The number of hydrogen-bond donors (Lipinski definition) is 3. The molecule has 0 aliphatic heterocycles. The fraction of sp³-hybridized carbons (Fsp3) is 0.782. The van der Waals surface area contributed by atoms with Gasteiger partial charge in [0.05, 0.1) is 25.2 Å². The summed E-state index contributed by atoms with van der Waals surface area (Å²) < 4.78 is 5.91. The predicted octanol–water partition coefficient (Wildman–Crippen LogP) is 15.6. The standard InChI is InChI=1S/C55H99NO5/c1-4-7-10-13-16-19-21-23-25-27-28-30-32-35-37-40-43-46-51(49-54(59)56-52(50-57)53(58)47-44-41-38-34-18-15-12-9-6-3)61-55(60)48-45-42-39-36-33-31-29-26-24-22-20-17-14-11-8-5-2/h7,10,16,19,23,25,28,30,35,37,51-53,57-58H,4-6,8-9,11-15,17-18,20-22,24,26-27,29,31-34,36,38-50H2,1-3H3,(H,56,59)/b10-7-,19-16-,25-23-,30-28-,37-35-. The number of carbonyl (C=O) groups is 2. The third-order valence-electron chi connectivity index (χ3n) is 11.6. The molecule has 6 heteroatoms. The lowest BCUT2D eigenvalue weighted by atomic mass is 10.0. The second kappa shape index (κ2) is 48.6. The molecule has 0 heterocycles. The van der Waals surface area contributed by atoms with Crippen LogP contribution in [0.25, 0.3) is 0 Å². The minimum atomic E-state index is -0.801. The van der Waals surface area contributed by atoms with E-state index >= 15 is 0 Å². The molecular weight excluding hydrogens is 755 g/mol. The SMILES string of the molecule is CC/C=C\C/C=C\C/C=C\C/C=C\C/C=C\CCCC(CC(=O)NC(CO)C(O)CCCCCCCCCCC)OC(=O)CCCCCCCCCCCCCCCCCC. The van der Waals surface area contributed by atoms with E-state index in [1.54, 1.807) is 0 Å². The highest BCUT2D eigenvalue weighted by atomic mass is 16.5. The summed E-state index contributed by atoms with van der Waals surface area (Å²) in [4.78, 5) is 26.1. The van der Waals surface area contributed by atoms with Crippen LogP contribution in [-0.4, -0.2) is 46.9 Å². The number of esters is 1. The Morgan fingerprint density at radius 1 is 0.492 bits per heavy atom. The van der Waals surface area contributed by atoms with Crippen molar-refractivity contribution in [3.8, 4) is 0 Å². The molecule has 0 rings (SSSR count). The first-order valence-electron chi connectivity index (χ1n) is 26.0. The molecule has 0 aromatic heterocycles. The fourth-order valence-electron chi connectivity index (χ4n) is 7.70. The van der Waals surface area contributed by atoms with Crippen molar-refractivity contribution in [2.45, 2.75) is 270 Å². The molecule has 6 nitrogen and oxygen atoms in total. The molecule has 3 atom stereocenters.